The van der Waals surface area contributed by atoms with E-state index in [2.05, 4.69) is 5.32 Å². The van der Waals surface area contributed by atoms with Crippen LogP contribution in [0.2, 0.25) is 10.0 Å². The fraction of sp³-hybridized carbons (Fsp3) is 0.222. The first-order valence-corrected chi connectivity index (χ1v) is 8.44. The van der Waals surface area contributed by atoms with Crippen LogP contribution in [0.5, 0.6) is 5.75 Å². The van der Waals surface area contributed by atoms with Crippen molar-refractivity contribution in [1.82, 2.24) is 0 Å². The zero-order chi connectivity index (χ0) is 18.0. The molecule has 0 bridgehead atoms. The maximum absolute atomic E-state index is 12.5. The van der Waals surface area contributed by atoms with Crippen LogP contribution >= 0.6 is 23.2 Å². The molecule has 1 aliphatic heterocycles. The molecular weight excluding hydrogens is 363 g/mol. The van der Waals surface area contributed by atoms with E-state index in [0.717, 1.165) is 5.69 Å². The Bertz CT molecular complexity index is 808. The van der Waals surface area contributed by atoms with Gasteiger partial charge in [0, 0.05) is 23.7 Å². The molecule has 0 unspecified atom stereocenters. The molecule has 3 rings (SSSR count). The standard InChI is InChI=1S/C18H16Cl2N2O3/c1-25-14-5-3-13(4-6-14)22-10-11(8-17(22)23)18(24)21-16-9-12(19)2-7-15(16)20/h2-7,9,11H,8,10H2,1H3,(H,21,24)/t11-/m1/s1. The Balaban J connectivity index is 1.70. The molecular formula is C18H16Cl2N2O3. The van der Waals surface area contributed by atoms with Crippen LogP contribution in [0, 0.1) is 5.92 Å². The molecule has 2 aromatic carbocycles. The summed E-state index contributed by atoms with van der Waals surface area (Å²) in [4.78, 5) is 26.4. The third kappa shape index (κ3) is 3.89. The van der Waals surface area contributed by atoms with Gasteiger partial charge in [-0.1, -0.05) is 23.2 Å². The summed E-state index contributed by atoms with van der Waals surface area (Å²) in [6, 6.07) is 12.0. The number of hydrogen-bond acceptors (Lipinski definition) is 3. The van der Waals surface area contributed by atoms with E-state index in [-0.39, 0.29) is 18.2 Å². The van der Waals surface area contributed by atoms with E-state index in [9.17, 15) is 9.59 Å². The van der Waals surface area contributed by atoms with Gasteiger partial charge in [-0.25, -0.2) is 0 Å². The van der Waals surface area contributed by atoms with E-state index in [4.69, 9.17) is 27.9 Å². The minimum Gasteiger partial charge on any atom is -0.497 e. The molecule has 0 aromatic heterocycles. The van der Waals surface area contributed by atoms with Gasteiger partial charge in [-0.3, -0.25) is 9.59 Å². The minimum atomic E-state index is -0.454. The quantitative estimate of drug-likeness (QED) is 0.874. The summed E-state index contributed by atoms with van der Waals surface area (Å²) in [5.74, 6) is -0.0963. The Morgan fingerprint density at radius 3 is 2.60 bits per heavy atom. The number of carbonyl (C=O) groups excluding carboxylic acids is 2. The summed E-state index contributed by atoms with van der Waals surface area (Å²) >= 11 is 12.0. The molecule has 1 N–H and O–H groups in total. The number of halogens is 2. The number of nitrogens with one attached hydrogen (secondary N) is 1. The van der Waals surface area contributed by atoms with Gasteiger partial charge in [0.15, 0.2) is 0 Å². The molecule has 1 aliphatic rings. The van der Waals surface area contributed by atoms with Crippen molar-refractivity contribution in [3.05, 3.63) is 52.5 Å². The normalized spacial score (nSPS) is 16.8. The predicted octanol–water partition coefficient (Wildman–Crippen LogP) is 3.99. The predicted molar refractivity (Wildman–Crippen MR) is 98.5 cm³/mol. The Labute approximate surface area is 155 Å². The number of methoxy groups -OCH3 is 1. The van der Waals surface area contributed by atoms with Gasteiger partial charge in [0.25, 0.3) is 0 Å². The first-order chi connectivity index (χ1) is 12.0. The lowest BCUT2D eigenvalue weighted by Gasteiger charge is -2.17. The molecule has 2 amide bonds. The van der Waals surface area contributed by atoms with Gasteiger partial charge in [-0.2, -0.15) is 0 Å². The molecule has 5 nitrogen and oxygen atoms in total. The number of carbonyl (C=O) groups is 2. The molecule has 25 heavy (non-hydrogen) atoms. The van der Waals surface area contributed by atoms with Crippen LogP contribution in [0.15, 0.2) is 42.5 Å². The van der Waals surface area contributed by atoms with E-state index in [1.165, 1.54) is 0 Å². The molecule has 2 aromatic rings. The van der Waals surface area contributed by atoms with Gasteiger partial charge in [-0.15, -0.1) is 0 Å². The second-order valence-electron chi connectivity index (χ2n) is 5.72. The van der Waals surface area contributed by atoms with E-state index in [1.54, 1.807) is 54.5 Å². The number of anilines is 2. The molecule has 0 saturated carbocycles. The van der Waals surface area contributed by atoms with Crippen LogP contribution < -0.4 is 15.0 Å². The lowest BCUT2D eigenvalue weighted by molar-refractivity contribution is -0.122. The van der Waals surface area contributed by atoms with Gasteiger partial charge in [-0.05, 0) is 42.5 Å². The molecule has 1 heterocycles. The molecule has 1 atom stereocenters. The minimum absolute atomic E-state index is 0.0949. The number of ether oxygens (including phenoxy) is 1. The number of nitrogens with zero attached hydrogens (tertiary/aromatic N) is 1. The first-order valence-electron chi connectivity index (χ1n) is 7.68. The van der Waals surface area contributed by atoms with Crippen molar-refractivity contribution in [1.29, 1.82) is 0 Å². The van der Waals surface area contributed by atoms with E-state index < -0.39 is 5.92 Å². The Morgan fingerprint density at radius 2 is 1.92 bits per heavy atom. The maximum Gasteiger partial charge on any atom is 0.229 e. The Kier molecular flexibility index (Phi) is 5.16. The van der Waals surface area contributed by atoms with Gasteiger partial charge < -0.3 is 15.0 Å². The lowest BCUT2D eigenvalue weighted by Crippen LogP contribution is -2.28. The van der Waals surface area contributed by atoms with E-state index in [0.29, 0.717) is 28.0 Å². The van der Waals surface area contributed by atoms with Crippen molar-refractivity contribution in [2.24, 2.45) is 5.92 Å². The van der Waals surface area contributed by atoms with Gasteiger partial charge in [0.05, 0.1) is 23.7 Å². The van der Waals surface area contributed by atoms with Crippen LogP contribution in [0.4, 0.5) is 11.4 Å². The molecule has 1 saturated heterocycles. The summed E-state index contributed by atoms with van der Waals surface area (Å²) in [6.45, 7) is 0.315. The number of hydrogen-bond donors (Lipinski definition) is 1. The zero-order valence-corrected chi connectivity index (χ0v) is 15.0. The topological polar surface area (TPSA) is 58.6 Å². The largest absolute Gasteiger partial charge is 0.497 e. The van der Waals surface area contributed by atoms with Gasteiger partial charge in [0.1, 0.15) is 5.75 Å². The zero-order valence-electron chi connectivity index (χ0n) is 13.5. The van der Waals surface area contributed by atoms with Gasteiger partial charge >= 0.3 is 0 Å². The average Bonchev–Trinajstić information content (AvgIpc) is 3.00. The Hall–Kier alpha value is -2.24. The summed E-state index contributed by atoms with van der Waals surface area (Å²) in [7, 11) is 1.58. The van der Waals surface area contributed by atoms with Crippen LogP contribution in [-0.4, -0.2) is 25.5 Å². The molecule has 1 fully saturated rings. The SMILES string of the molecule is COc1ccc(N2C[C@H](C(=O)Nc3cc(Cl)ccc3Cl)CC2=O)cc1. The molecule has 130 valence electrons. The van der Waals surface area contributed by atoms with Crippen molar-refractivity contribution in [3.63, 3.8) is 0 Å². The lowest BCUT2D eigenvalue weighted by atomic mass is 10.1. The highest BCUT2D eigenvalue weighted by atomic mass is 35.5. The smallest absolute Gasteiger partial charge is 0.229 e. The van der Waals surface area contributed by atoms with Crippen LogP contribution in [-0.2, 0) is 9.59 Å². The third-order valence-electron chi connectivity index (χ3n) is 4.07. The maximum atomic E-state index is 12.5. The molecule has 7 heteroatoms. The van der Waals surface area contributed by atoms with E-state index >= 15 is 0 Å². The second-order valence-corrected chi connectivity index (χ2v) is 6.56. The van der Waals surface area contributed by atoms with Crippen LogP contribution in [0.25, 0.3) is 0 Å². The summed E-state index contributed by atoms with van der Waals surface area (Å²) in [6.07, 6.45) is 0.149. The fourth-order valence-electron chi connectivity index (χ4n) is 2.72. The molecule has 0 radical (unpaired) electrons. The van der Waals surface area contributed by atoms with Crippen molar-refractivity contribution >= 4 is 46.4 Å². The van der Waals surface area contributed by atoms with Crippen molar-refractivity contribution < 1.29 is 14.3 Å². The van der Waals surface area contributed by atoms with Crippen molar-refractivity contribution in [2.75, 3.05) is 23.9 Å². The van der Waals surface area contributed by atoms with Crippen LogP contribution in [0.1, 0.15) is 6.42 Å². The fourth-order valence-corrected chi connectivity index (χ4v) is 3.06. The summed E-state index contributed by atoms with van der Waals surface area (Å²) in [5, 5.41) is 3.62. The number of amides is 2. The monoisotopic (exact) mass is 378 g/mol. The highest BCUT2D eigenvalue weighted by molar-refractivity contribution is 6.35. The Morgan fingerprint density at radius 1 is 1.20 bits per heavy atom. The average molecular weight is 379 g/mol. The highest BCUT2D eigenvalue weighted by Crippen LogP contribution is 2.29. The molecule has 0 aliphatic carbocycles. The second kappa shape index (κ2) is 7.33. The van der Waals surface area contributed by atoms with Crippen molar-refractivity contribution in [3.8, 4) is 5.75 Å². The van der Waals surface area contributed by atoms with Crippen LogP contribution in [0.3, 0.4) is 0 Å². The summed E-state index contributed by atoms with van der Waals surface area (Å²) in [5.41, 5.74) is 1.18. The number of benzene rings is 2. The van der Waals surface area contributed by atoms with Gasteiger partial charge in [0.2, 0.25) is 11.8 Å². The summed E-state index contributed by atoms with van der Waals surface area (Å²) < 4.78 is 5.11. The van der Waals surface area contributed by atoms with E-state index in [1.807, 2.05) is 0 Å². The third-order valence-corrected chi connectivity index (χ3v) is 4.63. The molecule has 0 spiro atoms. The first kappa shape index (κ1) is 17.6. The van der Waals surface area contributed by atoms with Crippen molar-refractivity contribution in [2.45, 2.75) is 6.42 Å². The number of rotatable bonds is 4. The highest BCUT2D eigenvalue weighted by Gasteiger charge is 2.35.